The number of nitrogens with zero attached hydrogens (tertiary/aromatic N) is 1. The monoisotopic (exact) mass is 344 g/mol. The number of fused-ring (bicyclic) bond motifs is 1. The van der Waals surface area contributed by atoms with Crippen molar-refractivity contribution in [1.29, 1.82) is 0 Å². The van der Waals surface area contributed by atoms with Crippen LogP contribution in [0.2, 0.25) is 0 Å². The van der Waals surface area contributed by atoms with Crippen molar-refractivity contribution in [2.75, 3.05) is 5.32 Å². The molecular weight excluding hydrogens is 328 g/mol. The summed E-state index contributed by atoms with van der Waals surface area (Å²) >= 11 is 0. The molecule has 5 heteroatoms. The standard InChI is InChI=1S/C21H16N2O3/c1-14-4-10-19-18(13-14)23-21(26-19)15-5-7-16(8-6-15)22-20(24)11-9-17-3-2-12-25-17/h2-13H,1H3,(H,22,24). The van der Waals surface area contributed by atoms with Gasteiger partial charge in [-0.15, -0.1) is 0 Å². The van der Waals surface area contributed by atoms with Gasteiger partial charge in [0.15, 0.2) is 5.58 Å². The lowest BCUT2D eigenvalue weighted by Crippen LogP contribution is -2.07. The number of carbonyl (C=O) groups excluding carboxylic acids is 1. The Hall–Kier alpha value is -3.60. The van der Waals surface area contributed by atoms with Crippen LogP contribution in [0.15, 0.2) is 75.8 Å². The van der Waals surface area contributed by atoms with E-state index in [0.29, 0.717) is 17.3 Å². The minimum absolute atomic E-state index is 0.230. The third kappa shape index (κ3) is 3.42. The zero-order chi connectivity index (χ0) is 17.9. The molecule has 0 atom stereocenters. The summed E-state index contributed by atoms with van der Waals surface area (Å²) in [5.41, 5.74) is 4.27. The Morgan fingerprint density at radius 3 is 2.73 bits per heavy atom. The Morgan fingerprint density at radius 2 is 1.96 bits per heavy atom. The van der Waals surface area contributed by atoms with Crippen molar-refractivity contribution in [2.24, 2.45) is 0 Å². The molecule has 0 saturated heterocycles. The molecule has 0 bridgehead atoms. The third-order valence-corrected chi connectivity index (χ3v) is 3.88. The van der Waals surface area contributed by atoms with E-state index in [-0.39, 0.29) is 5.91 Å². The largest absolute Gasteiger partial charge is 0.465 e. The minimum atomic E-state index is -0.230. The normalized spacial score (nSPS) is 11.3. The van der Waals surface area contributed by atoms with Crippen molar-refractivity contribution in [3.05, 3.63) is 78.3 Å². The molecule has 128 valence electrons. The second kappa shape index (κ2) is 6.72. The zero-order valence-electron chi connectivity index (χ0n) is 14.1. The molecule has 1 amide bonds. The van der Waals surface area contributed by atoms with Crippen LogP contribution in [-0.4, -0.2) is 10.9 Å². The van der Waals surface area contributed by atoms with Crippen LogP contribution in [0, 0.1) is 6.92 Å². The summed E-state index contributed by atoms with van der Waals surface area (Å²) in [6.07, 6.45) is 4.60. The van der Waals surface area contributed by atoms with Gasteiger partial charge < -0.3 is 14.2 Å². The number of aryl methyl sites for hydroxylation is 1. The summed E-state index contributed by atoms with van der Waals surface area (Å²) in [5.74, 6) is 0.953. The van der Waals surface area contributed by atoms with Gasteiger partial charge in [0.05, 0.1) is 6.26 Å². The van der Waals surface area contributed by atoms with Crippen LogP contribution in [0.3, 0.4) is 0 Å². The molecular formula is C21H16N2O3. The van der Waals surface area contributed by atoms with Crippen molar-refractivity contribution >= 4 is 28.8 Å². The molecule has 0 aliphatic heterocycles. The Labute approximate surface area is 150 Å². The van der Waals surface area contributed by atoms with Gasteiger partial charge in [0.2, 0.25) is 11.8 Å². The third-order valence-electron chi connectivity index (χ3n) is 3.88. The summed E-state index contributed by atoms with van der Waals surface area (Å²) in [6, 6.07) is 16.8. The Bertz CT molecular complexity index is 1070. The van der Waals surface area contributed by atoms with Crippen LogP contribution in [-0.2, 0) is 4.79 Å². The van der Waals surface area contributed by atoms with E-state index in [2.05, 4.69) is 10.3 Å². The molecule has 0 saturated carbocycles. The molecule has 4 rings (SSSR count). The van der Waals surface area contributed by atoms with Crippen molar-refractivity contribution < 1.29 is 13.6 Å². The quantitative estimate of drug-likeness (QED) is 0.526. The van der Waals surface area contributed by atoms with Crippen LogP contribution < -0.4 is 5.32 Å². The number of hydrogen-bond donors (Lipinski definition) is 1. The molecule has 0 fully saturated rings. The second-order valence-electron chi connectivity index (χ2n) is 5.91. The second-order valence-corrected chi connectivity index (χ2v) is 5.91. The van der Waals surface area contributed by atoms with Gasteiger partial charge in [-0.2, -0.15) is 0 Å². The van der Waals surface area contributed by atoms with E-state index in [9.17, 15) is 4.79 Å². The Morgan fingerprint density at radius 1 is 1.12 bits per heavy atom. The summed E-state index contributed by atoms with van der Waals surface area (Å²) in [6.45, 7) is 2.02. The zero-order valence-corrected chi connectivity index (χ0v) is 14.1. The maximum absolute atomic E-state index is 11.9. The fourth-order valence-corrected chi connectivity index (χ4v) is 2.58. The van der Waals surface area contributed by atoms with E-state index < -0.39 is 0 Å². The molecule has 2 aromatic carbocycles. The SMILES string of the molecule is Cc1ccc2oc(-c3ccc(NC(=O)C=Cc4ccco4)cc3)nc2c1. The first kappa shape index (κ1) is 15.9. The van der Waals surface area contributed by atoms with E-state index in [0.717, 1.165) is 22.2 Å². The molecule has 0 aliphatic carbocycles. The van der Waals surface area contributed by atoms with E-state index in [4.69, 9.17) is 8.83 Å². The van der Waals surface area contributed by atoms with Gasteiger partial charge in [-0.05, 0) is 67.1 Å². The van der Waals surface area contributed by atoms with Crippen molar-refractivity contribution in [1.82, 2.24) is 4.98 Å². The van der Waals surface area contributed by atoms with E-state index in [1.54, 1.807) is 24.5 Å². The highest BCUT2D eigenvalue weighted by atomic mass is 16.3. The first-order valence-electron chi connectivity index (χ1n) is 8.17. The van der Waals surface area contributed by atoms with Crippen molar-refractivity contribution in [3.63, 3.8) is 0 Å². The van der Waals surface area contributed by atoms with Gasteiger partial charge in [-0.3, -0.25) is 4.79 Å². The van der Waals surface area contributed by atoms with E-state index in [1.165, 1.54) is 6.08 Å². The first-order valence-corrected chi connectivity index (χ1v) is 8.17. The van der Waals surface area contributed by atoms with Crippen molar-refractivity contribution in [3.8, 4) is 11.5 Å². The van der Waals surface area contributed by atoms with Crippen LogP contribution >= 0.6 is 0 Å². The fraction of sp³-hybridized carbons (Fsp3) is 0.0476. The number of nitrogens with one attached hydrogen (secondary N) is 1. The van der Waals surface area contributed by atoms with Gasteiger partial charge >= 0.3 is 0 Å². The van der Waals surface area contributed by atoms with Crippen LogP contribution in [0.4, 0.5) is 5.69 Å². The fourth-order valence-electron chi connectivity index (χ4n) is 2.58. The summed E-state index contributed by atoms with van der Waals surface area (Å²) < 4.78 is 10.9. The number of benzene rings is 2. The van der Waals surface area contributed by atoms with Gasteiger partial charge in [0, 0.05) is 17.3 Å². The number of amides is 1. The molecule has 4 aromatic rings. The highest BCUT2D eigenvalue weighted by molar-refractivity contribution is 6.01. The molecule has 0 spiro atoms. The Balaban J connectivity index is 1.48. The molecule has 0 aliphatic rings. The predicted molar refractivity (Wildman–Crippen MR) is 101 cm³/mol. The van der Waals surface area contributed by atoms with Crippen LogP contribution in [0.25, 0.3) is 28.6 Å². The van der Waals surface area contributed by atoms with Gasteiger partial charge in [0.1, 0.15) is 11.3 Å². The maximum atomic E-state index is 11.9. The molecule has 0 radical (unpaired) electrons. The first-order chi connectivity index (χ1) is 12.7. The number of rotatable bonds is 4. The summed E-state index contributed by atoms with van der Waals surface area (Å²) in [7, 11) is 0. The molecule has 2 aromatic heterocycles. The highest BCUT2D eigenvalue weighted by Gasteiger charge is 2.08. The van der Waals surface area contributed by atoms with Gasteiger partial charge in [-0.1, -0.05) is 6.07 Å². The van der Waals surface area contributed by atoms with Crippen molar-refractivity contribution in [2.45, 2.75) is 6.92 Å². The Kier molecular flexibility index (Phi) is 4.11. The average Bonchev–Trinajstić information content (AvgIpc) is 3.29. The molecule has 26 heavy (non-hydrogen) atoms. The lowest BCUT2D eigenvalue weighted by atomic mass is 10.2. The van der Waals surface area contributed by atoms with E-state index in [1.807, 2.05) is 49.4 Å². The number of hydrogen-bond acceptors (Lipinski definition) is 4. The van der Waals surface area contributed by atoms with Gasteiger partial charge in [0.25, 0.3) is 0 Å². The number of aromatic nitrogens is 1. The van der Waals surface area contributed by atoms with Crippen LogP contribution in [0.5, 0.6) is 0 Å². The lowest BCUT2D eigenvalue weighted by Gasteiger charge is -2.02. The number of anilines is 1. The number of furan rings is 1. The molecule has 0 unspecified atom stereocenters. The maximum Gasteiger partial charge on any atom is 0.248 e. The summed E-state index contributed by atoms with van der Waals surface area (Å²) in [5, 5.41) is 2.80. The van der Waals surface area contributed by atoms with Gasteiger partial charge in [-0.25, -0.2) is 4.98 Å². The predicted octanol–water partition coefficient (Wildman–Crippen LogP) is 5.05. The molecule has 1 N–H and O–H groups in total. The lowest BCUT2D eigenvalue weighted by molar-refractivity contribution is -0.111. The number of oxazole rings is 1. The molecule has 2 heterocycles. The minimum Gasteiger partial charge on any atom is -0.465 e. The molecule has 5 nitrogen and oxygen atoms in total. The smallest absolute Gasteiger partial charge is 0.248 e. The summed E-state index contributed by atoms with van der Waals surface area (Å²) in [4.78, 5) is 16.5. The highest BCUT2D eigenvalue weighted by Crippen LogP contribution is 2.25. The van der Waals surface area contributed by atoms with E-state index >= 15 is 0 Å². The average molecular weight is 344 g/mol. The number of carbonyl (C=O) groups is 1. The van der Waals surface area contributed by atoms with Crippen LogP contribution in [0.1, 0.15) is 11.3 Å². The topological polar surface area (TPSA) is 68.3 Å².